The highest BCUT2D eigenvalue weighted by atomic mass is 19.4. The van der Waals surface area contributed by atoms with Crippen LogP contribution in [0.15, 0.2) is 24.3 Å². The Labute approximate surface area is 155 Å². The van der Waals surface area contributed by atoms with Crippen molar-refractivity contribution in [2.75, 3.05) is 31.6 Å². The fraction of sp³-hybridized carbons (Fsp3) is 0.474. The van der Waals surface area contributed by atoms with Gasteiger partial charge in [-0.3, -0.25) is 0 Å². The summed E-state index contributed by atoms with van der Waals surface area (Å²) in [7, 11) is 2.11. The minimum atomic E-state index is -4.50. The number of halogens is 3. The maximum Gasteiger partial charge on any atom is 0.416 e. The Morgan fingerprint density at radius 3 is 2.56 bits per heavy atom. The van der Waals surface area contributed by atoms with E-state index in [0.29, 0.717) is 23.2 Å². The minimum Gasteiger partial charge on any atom is -0.507 e. The molecular formula is C19H21F3N4O. The second-order valence-corrected chi connectivity index (χ2v) is 7.49. The molecule has 1 aromatic heterocycles. The van der Waals surface area contributed by atoms with Crippen molar-refractivity contribution in [1.29, 1.82) is 0 Å². The van der Waals surface area contributed by atoms with Crippen LogP contribution < -0.4 is 4.90 Å². The molecule has 0 amide bonds. The quantitative estimate of drug-likeness (QED) is 0.869. The predicted octanol–water partition coefficient (Wildman–Crippen LogP) is 3.32. The molecule has 0 unspecified atom stereocenters. The first-order valence-corrected chi connectivity index (χ1v) is 8.94. The number of fused-ring (bicyclic) bond motifs is 1. The SMILES string of the molecule is Cc1cc(C(F)(F)F)cc(O)c1-c1ccc(N2CC[C@H]3CN(C)C[C@H]32)nn1. The van der Waals surface area contributed by atoms with E-state index in [2.05, 4.69) is 27.0 Å². The number of hydrogen-bond acceptors (Lipinski definition) is 5. The molecule has 2 saturated heterocycles. The highest BCUT2D eigenvalue weighted by molar-refractivity contribution is 5.71. The number of aromatic nitrogens is 2. The Morgan fingerprint density at radius 1 is 1.15 bits per heavy atom. The molecule has 1 aromatic carbocycles. The van der Waals surface area contributed by atoms with Crippen LogP contribution in [0.5, 0.6) is 5.75 Å². The molecule has 0 spiro atoms. The van der Waals surface area contributed by atoms with E-state index in [0.717, 1.165) is 44.0 Å². The van der Waals surface area contributed by atoms with Gasteiger partial charge in [-0.15, -0.1) is 10.2 Å². The Balaban J connectivity index is 1.62. The van der Waals surface area contributed by atoms with Gasteiger partial charge < -0.3 is 14.9 Å². The van der Waals surface area contributed by atoms with Crippen LogP contribution in [0.4, 0.5) is 19.0 Å². The monoisotopic (exact) mass is 378 g/mol. The van der Waals surface area contributed by atoms with Gasteiger partial charge in [0.05, 0.1) is 11.3 Å². The predicted molar refractivity (Wildman–Crippen MR) is 95.6 cm³/mol. The fourth-order valence-corrected chi connectivity index (χ4v) is 4.33. The van der Waals surface area contributed by atoms with Gasteiger partial charge in [-0.1, -0.05) is 0 Å². The lowest BCUT2D eigenvalue weighted by Gasteiger charge is -2.24. The fourth-order valence-electron chi connectivity index (χ4n) is 4.33. The third-order valence-electron chi connectivity index (χ3n) is 5.57. The van der Waals surface area contributed by atoms with E-state index in [9.17, 15) is 18.3 Å². The van der Waals surface area contributed by atoms with Gasteiger partial charge in [0.2, 0.25) is 0 Å². The van der Waals surface area contributed by atoms with Gasteiger partial charge in [0.1, 0.15) is 5.75 Å². The summed E-state index contributed by atoms with van der Waals surface area (Å²) in [5.41, 5.74) is 0.0750. The van der Waals surface area contributed by atoms with Crippen molar-refractivity contribution >= 4 is 5.82 Å². The van der Waals surface area contributed by atoms with Crippen LogP contribution in [-0.4, -0.2) is 52.9 Å². The van der Waals surface area contributed by atoms with Crippen LogP contribution in [0.3, 0.4) is 0 Å². The van der Waals surface area contributed by atoms with Crippen molar-refractivity contribution in [1.82, 2.24) is 15.1 Å². The number of likely N-dealkylation sites (tertiary alicyclic amines) is 1. The van der Waals surface area contributed by atoms with Crippen LogP contribution >= 0.6 is 0 Å². The zero-order chi connectivity index (χ0) is 19.3. The third-order valence-corrected chi connectivity index (χ3v) is 5.57. The smallest absolute Gasteiger partial charge is 0.416 e. The number of rotatable bonds is 2. The maximum atomic E-state index is 12.9. The second-order valence-electron chi connectivity index (χ2n) is 7.49. The molecule has 2 aromatic rings. The first kappa shape index (κ1) is 18.0. The van der Waals surface area contributed by atoms with Crippen molar-refractivity contribution in [2.24, 2.45) is 5.92 Å². The average molecular weight is 378 g/mol. The maximum absolute atomic E-state index is 12.9. The van der Waals surface area contributed by atoms with Gasteiger partial charge in [0, 0.05) is 31.2 Å². The number of hydrogen-bond donors (Lipinski definition) is 1. The van der Waals surface area contributed by atoms with E-state index in [1.165, 1.54) is 6.92 Å². The van der Waals surface area contributed by atoms with Gasteiger partial charge >= 0.3 is 6.18 Å². The molecule has 0 aliphatic carbocycles. The van der Waals surface area contributed by atoms with E-state index in [1.807, 2.05) is 6.07 Å². The molecule has 0 bridgehead atoms. The molecule has 0 radical (unpaired) electrons. The van der Waals surface area contributed by atoms with Crippen molar-refractivity contribution in [3.63, 3.8) is 0 Å². The molecule has 4 rings (SSSR count). The normalized spacial score (nSPS) is 23.1. The Morgan fingerprint density at radius 2 is 1.93 bits per heavy atom. The van der Waals surface area contributed by atoms with Crippen molar-refractivity contribution in [2.45, 2.75) is 25.6 Å². The third kappa shape index (κ3) is 3.22. The molecule has 8 heteroatoms. The average Bonchev–Trinajstić information content (AvgIpc) is 3.13. The van der Waals surface area contributed by atoms with E-state index in [1.54, 1.807) is 6.07 Å². The molecule has 2 aliphatic heterocycles. The summed E-state index contributed by atoms with van der Waals surface area (Å²) in [5, 5.41) is 18.6. The minimum absolute atomic E-state index is 0.280. The van der Waals surface area contributed by atoms with Crippen LogP contribution in [0.1, 0.15) is 17.5 Å². The number of aromatic hydroxyl groups is 1. The molecule has 0 saturated carbocycles. The number of likely N-dealkylation sites (N-methyl/N-ethyl adjacent to an activating group) is 1. The molecule has 27 heavy (non-hydrogen) atoms. The van der Waals surface area contributed by atoms with E-state index >= 15 is 0 Å². The number of alkyl halides is 3. The number of phenolic OH excluding ortho intramolecular Hbond substituents is 1. The van der Waals surface area contributed by atoms with Crippen molar-refractivity contribution in [3.8, 4) is 17.0 Å². The lowest BCUT2D eigenvalue weighted by molar-refractivity contribution is -0.137. The van der Waals surface area contributed by atoms with E-state index in [4.69, 9.17) is 0 Å². The van der Waals surface area contributed by atoms with Crippen molar-refractivity contribution < 1.29 is 18.3 Å². The first-order valence-electron chi connectivity index (χ1n) is 8.94. The van der Waals surface area contributed by atoms with E-state index < -0.39 is 17.5 Å². The summed E-state index contributed by atoms with van der Waals surface area (Å²) in [6.07, 6.45) is -3.38. The van der Waals surface area contributed by atoms with Crippen molar-refractivity contribution in [3.05, 3.63) is 35.4 Å². The molecule has 144 valence electrons. The summed E-state index contributed by atoms with van der Waals surface area (Å²) in [5.74, 6) is 0.964. The van der Waals surface area contributed by atoms with Crippen LogP contribution in [-0.2, 0) is 6.18 Å². The number of benzene rings is 1. The highest BCUT2D eigenvalue weighted by Crippen LogP contribution is 2.39. The van der Waals surface area contributed by atoms with Crippen LogP contribution in [0.2, 0.25) is 0 Å². The largest absolute Gasteiger partial charge is 0.507 e. The molecule has 3 heterocycles. The summed E-state index contributed by atoms with van der Waals surface area (Å²) >= 11 is 0. The first-order chi connectivity index (χ1) is 12.7. The number of aryl methyl sites for hydroxylation is 1. The van der Waals surface area contributed by atoms with Gasteiger partial charge in [0.15, 0.2) is 5.82 Å². The molecule has 1 N–H and O–H groups in total. The topological polar surface area (TPSA) is 52.5 Å². The Hall–Kier alpha value is -2.35. The van der Waals surface area contributed by atoms with Gasteiger partial charge in [-0.05, 0) is 56.1 Å². The highest BCUT2D eigenvalue weighted by Gasteiger charge is 2.40. The van der Waals surface area contributed by atoms with Gasteiger partial charge in [-0.2, -0.15) is 13.2 Å². The van der Waals surface area contributed by atoms with Gasteiger partial charge in [-0.25, -0.2) is 0 Å². The van der Waals surface area contributed by atoms with Gasteiger partial charge in [0.25, 0.3) is 0 Å². The standard InChI is InChI=1S/C19H21F3N4O/c1-11-7-13(19(20,21)22)8-16(27)18(11)14-3-4-17(24-23-14)26-6-5-12-9-25(2)10-15(12)26/h3-4,7-8,12,15,27H,5-6,9-10H2,1-2H3/t12-,15+/m0/s1. The van der Waals surface area contributed by atoms with Crippen LogP contribution in [0.25, 0.3) is 11.3 Å². The molecule has 2 atom stereocenters. The molecule has 2 fully saturated rings. The second kappa shape index (κ2) is 6.37. The summed E-state index contributed by atoms with van der Waals surface area (Å²) < 4.78 is 38.7. The molecular weight excluding hydrogens is 357 g/mol. The Kier molecular flexibility index (Phi) is 4.25. The van der Waals surface area contributed by atoms with E-state index in [-0.39, 0.29) is 5.56 Å². The number of anilines is 1. The number of phenols is 1. The summed E-state index contributed by atoms with van der Waals surface area (Å²) in [6.45, 7) is 4.54. The summed E-state index contributed by atoms with van der Waals surface area (Å²) in [4.78, 5) is 4.57. The Bertz CT molecular complexity index is 830. The number of nitrogens with zero attached hydrogens (tertiary/aromatic N) is 4. The lowest BCUT2D eigenvalue weighted by atomic mass is 10.0. The summed E-state index contributed by atoms with van der Waals surface area (Å²) in [6, 6.07) is 5.72. The zero-order valence-electron chi connectivity index (χ0n) is 15.2. The molecule has 2 aliphatic rings. The lowest BCUT2D eigenvalue weighted by Crippen LogP contribution is -2.35. The van der Waals surface area contributed by atoms with Crippen LogP contribution in [0, 0.1) is 12.8 Å². The zero-order valence-corrected chi connectivity index (χ0v) is 15.2. The molecule has 5 nitrogen and oxygen atoms in total.